The third kappa shape index (κ3) is 6.50. The molecule has 23 heavy (non-hydrogen) atoms. The Morgan fingerprint density at radius 1 is 1.43 bits per heavy atom. The molecule has 0 saturated carbocycles. The molecule has 0 amide bonds. The van der Waals surface area contributed by atoms with E-state index in [1.807, 2.05) is 18.2 Å². The molecule has 1 atom stereocenters. The van der Waals surface area contributed by atoms with Crippen LogP contribution in [0.3, 0.4) is 0 Å². The first kappa shape index (κ1) is 20.0. The fourth-order valence-electron chi connectivity index (χ4n) is 2.41. The second-order valence-corrected chi connectivity index (χ2v) is 5.62. The summed E-state index contributed by atoms with van der Waals surface area (Å²) >= 11 is 0. The number of hydrogen-bond donors (Lipinski definition) is 2. The maximum absolute atomic E-state index is 5.79. The van der Waals surface area contributed by atoms with E-state index in [-0.39, 0.29) is 29.6 Å². The molecular weight excluding hydrogens is 407 g/mol. The Kier molecular flexibility index (Phi) is 8.60. The van der Waals surface area contributed by atoms with Gasteiger partial charge in [0.15, 0.2) is 5.96 Å². The number of methoxy groups -OCH3 is 1. The summed E-state index contributed by atoms with van der Waals surface area (Å²) < 4.78 is 10.9. The van der Waals surface area contributed by atoms with Crippen LogP contribution in [0.1, 0.15) is 32.4 Å². The lowest BCUT2D eigenvalue weighted by Gasteiger charge is -2.24. The zero-order valence-electron chi connectivity index (χ0n) is 14.1. The van der Waals surface area contributed by atoms with Crippen LogP contribution in [0.25, 0.3) is 0 Å². The predicted molar refractivity (Wildman–Crippen MR) is 103 cm³/mol. The number of nitrogens with one attached hydrogen (secondary N) is 2. The van der Waals surface area contributed by atoms with Gasteiger partial charge in [0, 0.05) is 25.8 Å². The number of aromatic nitrogens is 1. The second kappa shape index (κ2) is 9.92. The predicted octanol–water partition coefficient (Wildman–Crippen LogP) is 2.33. The van der Waals surface area contributed by atoms with E-state index in [2.05, 4.69) is 34.5 Å². The minimum Gasteiger partial charge on any atom is -0.481 e. The van der Waals surface area contributed by atoms with Crippen molar-refractivity contribution in [1.82, 2.24) is 15.6 Å². The molecular formula is C16H27IN4O2. The summed E-state index contributed by atoms with van der Waals surface area (Å²) in [5.41, 5.74) is 0.782. The smallest absolute Gasteiger partial charge is 0.213 e. The Hall–Kier alpha value is -1.09. The van der Waals surface area contributed by atoms with Crippen molar-refractivity contribution in [2.45, 2.75) is 38.8 Å². The van der Waals surface area contributed by atoms with Crippen LogP contribution in [0.2, 0.25) is 0 Å². The summed E-state index contributed by atoms with van der Waals surface area (Å²) in [5, 5.41) is 6.60. The molecule has 1 saturated heterocycles. The van der Waals surface area contributed by atoms with Gasteiger partial charge in [-0.2, -0.15) is 0 Å². The van der Waals surface area contributed by atoms with Crippen LogP contribution in [0.5, 0.6) is 5.88 Å². The van der Waals surface area contributed by atoms with E-state index in [9.17, 15) is 0 Å². The number of nitrogens with zero attached hydrogens (tertiary/aromatic N) is 2. The topological polar surface area (TPSA) is 67.8 Å². The fourth-order valence-corrected chi connectivity index (χ4v) is 2.41. The second-order valence-electron chi connectivity index (χ2n) is 5.62. The summed E-state index contributed by atoms with van der Waals surface area (Å²) in [5.74, 6) is 1.39. The van der Waals surface area contributed by atoms with Crippen molar-refractivity contribution < 1.29 is 9.47 Å². The van der Waals surface area contributed by atoms with Crippen LogP contribution in [-0.2, 0) is 11.3 Å². The van der Waals surface area contributed by atoms with Gasteiger partial charge in [-0.3, -0.25) is 0 Å². The molecule has 1 aliphatic rings. The van der Waals surface area contributed by atoms with Crippen LogP contribution >= 0.6 is 24.0 Å². The van der Waals surface area contributed by atoms with Crippen molar-refractivity contribution in [2.75, 3.05) is 26.8 Å². The molecule has 1 aromatic heterocycles. The van der Waals surface area contributed by atoms with Crippen molar-refractivity contribution in [1.29, 1.82) is 0 Å². The highest BCUT2D eigenvalue weighted by atomic mass is 127. The Morgan fingerprint density at radius 2 is 2.26 bits per heavy atom. The van der Waals surface area contributed by atoms with E-state index < -0.39 is 0 Å². The molecule has 1 aromatic rings. The highest BCUT2D eigenvalue weighted by molar-refractivity contribution is 14.0. The van der Waals surface area contributed by atoms with E-state index in [4.69, 9.17) is 9.47 Å². The summed E-state index contributed by atoms with van der Waals surface area (Å²) in [6.45, 7) is 7.11. The molecule has 0 aliphatic carbocycles. The largest absolute Gasteiger partial charge is 0.481 e. The molecule has 0 radical (unpaired) electrons. The first-order valence-corrected chi connectivity index (χ1v) is 7.81. The third-order valence-electron chi connectivity index (χ3n) is 3.66. The van der Waals surface area contributed by atoms with Gasteiger partial charge in [0.2, 0.25) is 5.88 Å². The van der Waals surface area contributed by atoms with Crippen molar-refractivity contribution in [3.8, 4) is 5.88 Å². The minimum absolute atomic E-state index is 0. The van der Waals surface area contributed by atoms with Crippen molar-refractivity contribution >= 4 is 29.9 Å². The van der Waals surface area contributed by atoms with Crippen molar-refractivity contribution in [3.05, 3.63) is 23.9 Å². The molecule has 130 valence electrons. The summed E-state index contributed by atoms with van der Waals surface area (Å²) in [6.07, 6.45) is 2.20. The van der Waals surface area contributed by atoms with E-state index in [1.165, 1.54) is 0 Å². The SMILES string of the molecule is CCNC(=NCc1cccc(OC)n1)NCC1(C)CCCO1.I. The van der Waals surface area contributed by atoms with E-state index >= 15 is 0 Å². The van der Waals surface area contributed by atoms with Gasteiger partial charge in [-0.1, -0.05) is 6.07 Å². The van der Waals surface area contributed by atoms with E-state index in [0.717, 1.165) is 44.2 Å². The normalized spacial score (nSPS) is 20.7. The molecule has 6 nitrogen and oxygen atoms in total. The zero-order valence-corrected chi connectivity index (χ0v) is 16.4. The lowest BCUT2D eigenvalue weighted by molar-refractivity contribution is 0.0243. The maximum atomic E-state index is 5.79. The van der Waals surface area contributed by atoms with Crippen LogP contribution in [0.4, 0.5) is 0 Å². The van der Waals surface area contributed by atoms with Gasteiger partial charge in [-0.05, 0) is 32.8 Å². The highest BCUT2D eigenvalue weighted by Crippen LogP contribution is 2.23. The average Bonchev–Trinajstić information content (AvgIpc) is 2.97. The highest BCUT2D eigenvalue weighted by Gasteiger charge is 2.29. The van der Waals surface area contributed by atoms with Crippen LogP contribution < -0.4 is 15.4 Å². The third-order valence-corrected chi connectivity index (χ3v) is 3.66. The number of guanidine groups is 1. The zero-order chi connectivity index (χ0) is 15.8. The number of aliphatic imine (C=N–C) groups is 1. The number of pyridine rings is 1. The maximum Gasteiger partial charge on any atom is 0.213 e. The number of hydrogen-bond acceptors (Lipinski definition) is 4. The molecule has 1 unspecified atom stereocenters. The van der Waals surface area contributed by atoms with Gasteiger partial charge < -0.3 is 20.1 Å². The molecule has 0 bridgehead atoms. The molecule has 2 heterocycles. The average molecular weight is 434 g/mol. The van der Waals surface area contributed by atoms with Gasteiger partial charge in [-0.15, -0.1) is 24.0 Å². The minimum atomic E-state index is -0.0928. The summed E-state index contributed by atoms with van der Waals surface area (Å²) in [7, 11) is 1.61. The molecule has 0 spiro atoms. The standard InChI is InChI=1S/C16H26N4O2.HI/c1-4-17-15(19-12-16(2)9-6-10-22-16)18-11-13-7-5-8-14(20-13)21-3;/h5,7-8H,4,6,9-12H2,1-3H3,(H2,17,18,19);1H. The van der Waals surface area contributed by atoms with Crippen LogP contribution in [0.15, 0.2) is 23.2 Å². The molecule has 0 aromatic carbocycles. The van der Waals surface area contributed by atoms with Gasteiger partial charge in [-0.25, -0.2) is 9.98 Å². The van der Waals surface area contributed by atoms with Crippen molar-refractivity contribution in [2.24, 2.45) is 4.99 Å². The molecule has 7 heteroatoms. The van der Waals surface area contributed by atoms with Gasteiger partial charge in [0.1, 0.15) is 0 Å². The molecule has 2 rings (SSSR count). The first-order chi connectivity index (χ1) is 10.6. The van der Waals surface area contributed by atoms with E-state index in [0.29, 0.717) is 12.4 Å². The Labute approximate surface area is 155 Å². The van der Waals surface area contributed by atoms with Crippen molar-refractivity contribution in [3.63, 3.8) is 0 Å². The number of halogens is 1. The monoisotopic (exact) mass is 434 g/mol. The lowest BCUT2D eigenvalue weighted by atomic mass is 10.0. The molecule has 1 fully saturated rings. The van der Waals surface area contributed by atoms with Gasteiger partial charge in [0.05, 0.1) is 24.9 Å². The summed E-state index contributed by atoms with van der Waals surface area (Å²) in [4.78, 5) is 8.94. The van der Waals surface area contributed by atoms with Gasteiger partial charge in [0.25, 0.3) is 0 Å². The fraction of sp³-hybridized carbons (Fsp3) is 0.625. The Balaban J connectivity index is 0.00000264. The van der Waals surface area contributed by atoms with E-state index in [1.54, 1.807) is 7.11 Å². The quantitative estimate of drug-likeness (QED) is 0.409. The number of ether oxygens (including phenoxy) is 2. The Morgan fingerprint density at radius 3 is 2.91 bits per heavy atom. The Bertz CT molecular complexity index is 505. The molecule has 1 aliphatic heterocycles. The molecule has 2 N–H and O–H groups in total. The lowest BCUT2D eigenvalue weighted by Crippen LogP contribution is -2.45. The van der Waals surface area contributed by atoms with Crippen LogP contribution in [0, 0.1) is 0 Å². The summed E-state index contributed by atoms with van der Waals surface area (Å²) in [6, 6.07) is 5.69. The first-order valence-electron chi connectivity index (χ1n) is 7.81. The van der Waals surface area contributed by atoms with Gasteiger partial charge >= 0.3 is 0 Å². The van der Waals surface area contributed by atoms with Crippen LogP contribution in [-0.4, -0.2) is 43.4 Å². The number of rotatable bonds is 6.